The van der Waals surface area contributed by atoms with Crippen LogP contribution in [0.1, 0.15) is 31.1 Å². The first-order valence-corrected chi connectivity index (χ1v) is 7.30. The fourth-order valence-corrected chi connectivity index (χ4v) is 2.49. The predicted molar refractivity (Wildman–Crippen MR) is 83.7 cm³/mol. The standard InChI is InChI=1S/C17H10N4O4/c22-15-13-3-1-2-4-14(13)16(23)21(15)25-17(24)11-5-7-12(8-6-11)20-9-18-19-10-20/h1-10H. The van der Waals surface area contributed by atoms with E-state index in [-0.39, 0.29) is 16.7 Å². The number of fused-ring (bicyclic) bond motifs is 1. The summed E-state index contributed by atoms with van der Waals surface area (Å²) in [5.41, 5.74) is 1.38. The number of imide groups is 1. The maximum Gasteiger partial charge on any atom is 0.363 e. The molecule has 2 aromatic carbocycles. The van der Waals surface area contributed by atoms with Crippen LogP contribution < -0.4 is 0 Å². The summed E-state index contributed by atoms with van der Waals surface area (Å²) in [6, 6.07) is 12.7. The van der Waals surface area contributed by atoms with E-state index in [1.165, 1.54) is 36.9 Å². The first-order valence-electron chi connectivity index (χ1n) is 7.30. The van der Waals surface area contributed by atoms with Crippen molar-refractivity contribution >= 4 is 17.8 Å². The van der Waals surface area contributed by atoms with Gasteiger partial charge in [0.15, 0.2) is 0 Å². The largest absolute Gasteiger partial charge is 0.363 e. The summed E-state index contributed by atoms with van der Waals surface area (Å²) in [4.78, 5) is 41.6. The van der Waals surface area contributed by atoms with Crippen LogP contribution in [0.25, 0.3) is 5.69 Å². The molecule has 4 rings (SSSR count). The van der Waals surface area contributed by atoms with Gasteiger partial charge in [-0.25, -0.2) is 4.79 Å². The molecule has 2 heterocycles. The van der Waals surface area contributed by atoms with Crippen molar-refractivity contribution in [3.63, 3.8) is 0 Å². The van der Waals surface area contributed by atoms with Crippen LogP contribution in [0.15, 0.2) is 61.2 Å². The van der Waals surface area contributed by atoms with Gasteiger partial charge in [-0.3, -0.25) is 14.2 Å². The molecule has 3 aromatic rings. The Labute approximate surface area is 141 Å². The van der Waals surface area contributed by atoms with Crippen LogP contribution in [0.3, 0.4) is 0 Å². The lowest BCUT2D eigenvalue weighted by Crippen LogP contribution is -2.32. The molecule has 0 aliphatic carbocycles. The number of hydrogen-bond donors (Lipinski definition) is 0. The third-order valence-corrected chi connectivity index (χ3v) is 3.75. The van der Waals surface area contributed by atoms with Crippen LogP contribution >= 0.6 is 0 Å². The van der Waals surface area contributed by atoms with E-state index in [2.05, 4.69) is 10.2 Å². The number of carbonyl (C=O) groups is 3. The number of benzene rings is 2. The number of rotatable bonds is 3. The van der Waals surface area contributed by atoms with E-state index in [4.69, 9.17) is 4.84 Å². The third-order valence-electron chi connectivity index (χ3n) is 3.75. The van der Waals surface area contributed by atoms with Gasteiger partial charge in [0, 0.05) is 5.69 Å². The first kappa shape index (κ1) is 14.8. The zero-order chi connectivity index (χ0) is 17.4. The van der Waals surface area contributed by atoms with E-state index >= 15 is 0 Å². The molecule has 0 saturated carbocycles. The summed E-state index contributed by atoms with van der Waals surface area (Å²) >= 11 is 0. The van der Waals surface area contributed by atoms with E-state index < -0.39 is 17.8 Å². The minimum Gasteiger partial charge on any atom is -0.324 e. The van der Waals surface area contributed by atoms with Gasteiger partial charge in [0.25, 0.3) is 11.8 Å². The SMILES string of the molecule is O=C(ON1C(=O)c2ccccc2C1=O)c1ccc(-n2cnnc2)cc1. The lowest BCUT2D eigenvalue weighted by Gasteiger charge is -2.12. The van der Waals surface area contributed by atoms with Gasteiger partial charge in [0.05, 0.1) is 16.7 Å². The van der Waals surface area contributed by atoms with Gasteiger partial charge in [0.2, 0.25) is 0 Å². The molecule has 2 amide bonds. The van der Waals surface area contributed by atoms with Crippen molar-refractivity contribution in [3.05, 3.63) is 77.9 Å². The summed E-state index contributed by atoms with van der Waals surface area (Å²) in [5, 5.41) is 7.89. The quantitative estimate of drug-likeness (QED) is 0.676. The van der Waals surface area contributed by atoms with Crippen LogP contribution in [-0.4, -0.2) is 37.6 Å². The molecular weight excluding hydrogens is 324 g/mol. The number of hydroxylamine groups is 2. The highest BCUT2D eigenvalue weighted by Gasteiger charge is 2.38. The van der Waals surface area contributed by atoms with Crippen LogP contribution in [0, 0.1) is 0 Å². The number of hydrogen-bond acceptors (Lipinski definition) is 6. The number of aromatic nitrogens is 3. The average molecular weight is 334 g/mol. The van der Waals surface area contributed by atoms with Gasteiger partial charge in [-0.05, 0) is 36.4 Å². The lowest BCUT2D eigenvalue weighted by molar-refractivity contribution is -0.0584. The van der Waals surface area contributed by atoms with Gasteiger partial charge in [-0.2, -0.15) is 0 Å². The highest BCUT2D eigenvalue weighted by Crippen LogP contribution is 2.23. The molecule has 0 fully saturated rings. The van der Waals surface area contributed by atoms with E-state index in [0.717, 1.165) is 5.69 Å². The van der Waals surface area contributed by atoms with Crippen LogP contribution in [0.4, 0.5) is 0 Å². The molecule has 0 bridgehead atoms. The first-order chi connectivity index (χ1) is 12.1. The normalized spacial score (nSPS) is 13.0. The van der Waals surface area contributed by atoms with Crippen molar-refractivity contribution in [2.24, 2.45) is 0 Å². The topological polar surface area (TPSA) is 94.4 Å². The predicted octanol–water partition coefficient (Wildman–Crippen LogP) is 1.64. The van der Waals surface area contributed by atoms with Gasteiger partial charge in [0.1, 0.15) is 12.7 Å². The zero-order valence-corrected chi connectivity index (χ0v) is 12.7. The summed E-state index contributed by atoms with van der Waals surface area (Å²) in [6.45, 7) is 0. The molecule has 0 atom stereocenters. The summed E-state index contributed by atoms with van der Waals surface area (Å²) < 4.78 is 1.67. The molecule has 1 aliphatic heterocycles. The van der Waals surface area contributed by atoms with E-state index in [9.17, 15) is 14.4 Å². The Hall–Kier alpha value is -3.81. The Balaban J connectivity index is 1.53. The molecule has 8 heteroatoms. The van der Waals surface area contributed by atoms with Crippen LogP contribution in [0.2, 0.25) is 0 Å². The fourth-order valence-electron chi connectivity index (χ4n) is 2.49. The Morgan fingerprint density at radius 2 is 1.40 bits per heavy atom. The lowest BCUT2D eigenvalue weighted by atomic mass is 10.1. The molecule has 8 nitrogen and oxygen atoms in total. The molecular formula is C17H10N4O4. The van der Waals surface area contributed by atoms with Crippen molar-refractivity contribution in [1.82, 2.24) is 19.8 Å². The third kappa shape index (κ3) is 2.45. The minimum atomic E-state index is -0.801. The van der Waals surface area contributed by atoms with Crippen molar-refractivity contribution < 1.29 is 19.2 Å². The summed E-state index contributed by atoms with van der Waals surface area (Å²) in [7, 11) is 0. The number of amides is 2. The molecule has 1 aromatic heterocycles. The van der Waals surface area contributed by atoms with Crippen molar-refractivity contribution in [1.29, 1.82) is 0 Å². The second-order valence-electron chi connectivity index (χ2n) is 5.25. The molecule has 0 saturated heterocycles. The molecule has 0 radical (unpaired) electrons. The van der Waals surface area contributed by atoms with Gasteiger partial charge < -0.3 is 4.84 Å². The Morgan fingerprint density at radius 3 is 1.96 bits per heavy atom. The average Bonchev–Trinajstić information content (AvgIpc) is 3.26. The zero-order valence-electron chi connectivity index (χ0n) is 12.7. The summed E-state index contributed by atoms with van der Waals surface area (Å²) in [5.74, 6) is -2.12. The Morgan fingerprint density at radius 1 is 0.840 bits per heavy atom. The maximum absolute atomic E-state index is 12.2. The van der Waals surface area contributed by atoms with Crippen LogP contribution in [0.5, 0.6) is 0 Å². The van der Waals surface area contributed by atoms with Crippen molar-refractivity contribution in [2.75, 3.05) is 0 Å². The van der Waals surface area contributed by atoms with Crippen LogP contribution in [-0.2, 0) is 4.84 Å². The highest BCUT2D eigenvalue weighted by atomic mass is 16.7. The molecule has 0 spiro atoms. The van der Waals surface area contributed by atoms with E-state index in [0.29, 0.717) is 5.06 Å². The van der Waals surface area contributed by atoms with Gasteiger partial charge in [-0.15, -0.1) is 10.2 Å². The Kier molecular flexibility index (Phi) is 3.35. The van der Waals surface area contributed by atoms with Gasteiger partial charge in [-0.1, -0.05) is 17.2 Å². The van der Waals surface area contributed by atoms with Gasteiger partial charge >= 0.3 is 5.97 Å². The van der Waals surface area contributed by atoms with E-state index in [1.807, 2.05) is 0 Å². The highest BCUT2D eigenvalue weighted by molar-refractivity contribution is 6.21. The fraction of sp³-hybridized carbons (Fsp3) is 0. The maximum atomic E-state index is 12.2. The molecule has 1 aliphatic rings. The summed E-state index contributed by atoms with van der Waals surface area (Å²) in [6.07, 6.45) is 3.04. The molecule has 0 unspecified atom stereocenters. The second-order valence-corrected chi connectivity index (χ2v) is 5.25. The Bertz CT molecular complexity index is 945. The van der Waals surface area contributed by atoms with E-state index in [1.54, 1.807) is 28.8 Å². The smallest absolute Gasteiger partial charge is 0.324 e. The number of carbonyl (C=O) groups excluding carboxylic acids is 3. The molecule has 0 N–H and O–H groups in total. The van der Waals surface area contributed by atoms with Crippen molar-refractivity contribution in [3.8, 4) is 5.69 Å². The molecule has 25 heavy (non-hydrogen) atoms. The van der Waals surface area contributed by atoms with Crippen molar-refractivity contribution in [2.45, 2.75) is 0 Å². The number of nitrogens with zero attached hydrogens (tertiary/aromatic N) is 4. The molecule has 122 valence electrons. The minimum absolute atomic E-state index is 0.202. The monoisotopic (exact) mass is 334 g/mol. The second kappa shape index (κ2) is 5.68.